The van der Waals surface area contributed by atoms with Gasteiger partial charge in [-0.05, 0) is 48.0 Å². The Morgan fingerprint density at radius 3 is 2.62 bits per heavy atom. The number of nitrogens with zero attached hydrogens (tertiary/aromatic N) is 1. The number of carbonyl (C=O) groups excluding carboxylic acids is 1. The number of amides is 1. The zero-order chi connectivity index (χ0) is 19.6. The van der Waals surface area contributed by atoms with E-state index in [1.54, 1.807) is 30.7 Å². The van der Waals surface area contributed by atoms with Crippen LogP contribution in [0.25, 0.3) is 28.2 Å². The van der Waals surface area contributed by atoms with Crippen molar-refractivity contribution in [2.75, 3.05) is 12.1 Å². The fraction of sp³-hybridized carbons (Fsp3) is 0.0476. The zero-order valence-corrected chi connectivity index (χ0v) is 15.8. The quantitative estimate of drug-likeness (QED) is 0.467. The fourth-order valence-corrected chi connectivity index (χ4v) is 3.81. The maximum absolute atomic E-state index is 12.4. The van der Waals surface area contributed by atoms with Gasteiger partial charge >= 0.3 is 0 Å². The first-order valence-electron chi connectivity index (χ1n) is 8.73. The van der Waals surface area contributed by atoms with Crippen LogP contribution in [0.1, 0.15) is 5.56 Å². The average Bonchev–Trinajstić information content (AvgIpc) is 3.52. The number of thiazole rings is 1. The number of fused-ring (bicyclic) bond motifs is 1. The lowest BCUT2D eigenvalue weighted by Gasteiger charge is -1.98. The molecular weight excluding hydrogens is 392 g/mol. The van der Waals surface area contributed by atoms with E-state index >= 15 is 0 Å². The van der Waals surface area contributed by atoms with E-state index in [1.165, 1.54) is 17.4 Å². The molecule has 29 heavy (non-hydrogen) atoms. The van der Waals surface area contributed by atoms with Gasteiger partial charge in [0.15, 0.2) is 22.4 Å². The van der Waals surface area contributed by atoms with Crippen LogP contribution in [-0.2, 0) is 4.79 Å². The molecule has 0 fully saturated rings. The molecule has 0 saturated heterocycles. The lowest BCUT2D eigenvalue weighted by Crippen LogP contribution is -2.07. The molecule has 0 unspecified atom stereocenters. The van der Waals surface area contributed by atoms with E-state index in [0.717, 1.165) is 10.4 Å². The molecule has 1 amide bonds. The highest BCUT2D eigenvalue weighted by Crippen LogP contribution is 2.39. The Labute approximate surface area is 169 Å². The van der Waals surface area contributed by atoms with Gasteiger partial charge in [0.2, 0.25) is 12.7 Å². The Balaban J connectivity index is 1.36. The van der Waals surface area contributed by atoms with Crippen LogP contribution in [0.2, 0.25) is 0 Å². The smallest absolute Gasteiger partial charge is 0.250 e. The highest BCUT2D eigenvalue weighted by Gasteiger charge is 2.19. The Morgan fingerprint density at radius 2 is 1.83 bits per heavy atom. The second-order valence-electron chi connectivity index (χ2n) is 6.09. The minimum atomic E-state index is -0.298. The molecule has 1 aliphatic rings. The number of aromatic nitrogens is 1. The van der Waals surface area contributed by atoms with Crippen LogP contribution in [0.4, 0.5) is 5.13 Å². The molecule has 144 valence electrons. The van der Waals surface area contributed by atoms with Crippen LogP contribution >= 0.6 is 11.3 Å². The largest absolute Gasteiger partial charge is 0.463 e. The van der Waals surface area contributed by atoms with Gasteiger partial charge in [0.05, 0.1) is 12.5 Å². The van der Waals surface area contributed by atoms with E-state index in [1.807, 2.05) is 30.3 Å². The van der Waals surface area contributed by atoms with Crippen LogP contribution in [0, 0.1) is 0 Å². The summed E-state index contributed by atoms with van der Waals surface area (Å²) in [5.41, 5.74) is 1.45. The van der Waals surface area contributed by atoms with Crippen LogP contribution in [0.15, 0.2) is 69.9 Å². The van der Waals surface area contributed by atoms with Crippen molar-refractivity contribution in [1.82, 2.24) is 4.98 Å². The summed E-state index contributed by atoms with van der Waals surface area (Å²) >= 11 is 1.31. The first-order valence-corrected chi connectivity index (χ1v) is 9.55. The van der Waals surface area contributed by atoms with E-state index < -0.39 is 0 Å². The molecule has 0 aliphatic carbocycles. The minimum absolute atomic E-state index is 0.211. The summed E-state index contributed by atoms with van der Waals surface area (Å²) in [5.74, 6) is 2.33. The molecule has 1 aliphatic heterocycles. The van der Waals surface area contributed by atoms with E-state index in [4.69, 9.17) is 18.3 Å². The Hall–Kier alpha value is -3.78. The maximum atomic E-state index is 12.4. The first kappa shape index (κ1) is 17.3. The summed E-state index contributed by atoms with van der Waals surface area (Å²) in [5, 5.41) is 3.24. The van der Waals surface area contributed by atoms with Crippen molar-refractivity contribution in [3.63, 3.8) is 0 Å². The van der Waals surface area contributed by atoms with Crippen molar-refractivity contribution in [2.24, 2.45) is 0 Å². The van der Waals surface area contributed by atoms with Crippen LogP contribution in [-0.4, -0.2) is 17.7 Å². The third-order valence-corrected chi connectivity index (χ3v) is 5.17. The number of carbonyl (C=O) groups is 1. The van der Waals surface area contributed by atoms with Gasteiger partial charge in [0.1, 0.15) is 16.3 Å². The summed E-state index contributed by atoms with van der Waals surface area (Å²) in [6.07, 6.45) is 6.31. The predicted molar refractivity (Wildman–Crippen MR) is 108 cm³/mol. The summed E-state index contributed by atoms with van der Waals surface area (Å²) in [4.78, 5) is 17.7. The number of hydrogen-bond acceptors (Lipinski definition) is 7. The van der Waals surface area contributed by atoms with E-state index in [0.29, 0.717) is 33.8 Å². The van der Waals surface area contributed by atoms with E-state index in [-0.39, 0.29) is 12.7 Å². The monoisotopic (exact) mass is 406 g/mol. The SMILES string of the molecule is O=C(C=Cc1ccc2c(c1)OCO2)Nc1nc(-c2ccco2)c(-c2ccco2)s1. The van der Waals surface area contributed by atoms with Gasteiger partial charge in [-0.15, -0.1) is 0 Å². The van der Waals surface area contributed by atoms with Crippen LogP contribution < -0.4 is 14.8 Å². The number of furan rings is 2. The Morgan fingerprint density at radius 1 is 1.03 bits per heavy atom. The third kappa shape index (κ3) is 3.53. The number of benzene rings is 1. The zero-order valence-electron chi connectivity index (χ0n) is 15.0. The van der Waals surface area contributed by atoms with Gasteiger partial charge in [0.25, 0.3) is 0 Å². The van der Waals surface area contributed by atoms with Gasteiger partial charge < -0.3 is 18.3 Å². The molecule has 7 nitrogen and oxygen atoms in total. The van der Waals surface area contributed by atoms with Crippen molar-refractivity contribution < 1.29 is 23.1 Å². The van der Waals surface area contributed by atoms with Gasteiger partial charge in [-0.1, -0.05) is 17.4 Å². The summed E-state index contributed by atoms with van der Waals surface area (Å²) in [6, 6.07) is 12.7. The molecule has 1 N–H and O–H groups in total. The molecule has 3 aromatic heterocycles. The predicted octanol–water partition coefficient (Wildman–Crippen LogP) is 5.04. The summed E-state index contributed by atoms with van der Waals surface area (Å²) in [6.45, 7) is 0.211. The summed E-state index contributed by atoms with van der Waals surface area (Å²) in [7, 11) is 0. The van der Waals surface area contributed by atoms with Crippen molar-refractivity contribution in [3.05, 3.63) is 66.6 Å². The molecule has 8 heteroatoms. The standard InChI is InChI=1S/C21H14N2O5S/c24-18(8-6-13-5-7-14-17(11-13)28-12-27-14)22-21-23-19(15-3-1-9-25-15)20(29-21)16-4-2-10-26-16/h1-11H,12H2,(H,22,23,24). The molecule has 0 bridgehead atoms. The lowest BCUT2D eigenvalue weighted by molar-refractivity contribution is -0.111. The highest BCUT2D eigenvalue weighted by molar-refractivity contribution is 7.19. The summed E-state index contributed by atoms with van der Waals surface area (Å²) < 4.78 is 21.6. The van der Waals surface area contributed by atoms with Crippen molar-refractivity contribution >= 4 is 28.5 Å². The molecule has 4 heterocycles. The van der Waals surface area contributed by atoms with Gasteiger partial charge in [-0.3, -0.25) is 10.1 Å². The molecular formula is C21H14N2O5S. The van der Waals surface area contributed by atoms with Crippen molar-refractivity contribution in [2.45, 2.75) is 0 Å². The van der Waals surface area contributed by atoms with Crippen LogP contribution in [0.5, 0.6) is 11.5 Å². The molecule has 1 aromatic carbocycles. The highest BCUT2D eigenvalue weighted by atomic mass is 32.1. The number of rotatable bonds is 5. The number of ether oxygens (including phenoxy) is 2. The molecule has 5 rings (SSSR count). The van der Waals surface area contributed by atoms with E-state index in [9.17, 15) is 4.79 Å². The van der Waals surface area contributed by atoms with Crippen molar-refractivity contribution in [3.8, 4) is 33.6 Å². The second kappa shape index (κ2) is 7.33. The normalized spacial score (nSPS) is 12.6. The first-order chi connectivity index (χ1) is 14.3. The minimum Gasteiger partial charge on any atom is -0.463 e. The lowest BCUT2D eigenvalue weighted by atomic mass is 10.2. The molecule has 0 radical (unpaired) electrons. The number of anilines is 1. The van der Waals surface area contributed by atoms with Crippen molar-refractivity contribution in [1.29, 1.82) is 0 Å². The Bertz CT molecular complexity index is 1120. The molecule has 0 spiro atoms. The maximum Gasteiger partial charge on any atom is 0.250 e. The van der Waals surface area contributed by atoms with E-state index in [2.05, 4.69) is 10.3 Å². The number of hydrogen-bond donors (Lipinski definition) is 1. The molecule has 4 aromatic rings. The van der Waals surface area contributed by atoms with Gasteiger partial charge in [-0.2, -0.15) is 0 Å². The topological polar surface area (TPSA) is 86.7 Å². The number of nitrogens with one attached hydrogen (secondary N) is 1. The van der Waals surface area contributed by atoms with Crippen LogP contribution in [0.3, 0.4) is 0 Å². The Kier molecular flexibility index (Phi) is 4.38. The molecule has 0 saturated carbocycles. The van der Waals surface area contributed by atoms with Gasteiger partial charge in [-0.25, -0.2) is 4.98 Å². The van der Waals surface area contributed by atoms with Gasteiger partial charge in [0, 0.05) is 6.08 Å². The third-order valence-electron chi connectivity index (χ3n) is 4.18. The second-order valence-corrected chi connectivity index (χ2v) is 7.09. The average molecular weight is 406 g/mol. The molecule has 0 atom stereocenters. The fourth-order valence-electron chi connectivity index (χ4n) is 2.86.